The topological polar surface area (TPSA) is 29.5 Å². The molecule has 0 aromatic heterocycles. The van der Waals surface area contributed by atoms with Crippen molar-refractivity contribution >= 4 is 17.5 Å². The molecule has 120 valence electrons. The second-order valence-corrected chi connectivity index (χ2v) is 6.22. The number of methoxy groups -OCH3 is 1. The average molecular weight is 330 g/mol. The zero-order valence-corrected chi connectivity index (χ0v) is 13.9. The molecule has 1 amide bonds. The first-order valence-corrected chi connectivity index (χ1v) is 8.23. The molecule has 1 aliphatic heterocycles. The third-order valence-corrected chi connectivity index (χ3v) is 4.61. The fourth-order valence-electron chi connectivity index (χ4n) is 3.21. The summed E-state index contributed by atoms with van der Waals surface area (Å²) in [7, 11) is 1.63. The van der Waals surface area contributed by atoms with Gasteiger partial charge in [0.2, 0.25) is 5.91 Å². The highest BCUT2D eigenvalue weighted by Crippen LogP contribution is 2.33. The number of likely N-dealkylation sites (tertiary alicyclic amines) is 1. The number of ether oxygens (including phenoxy) is 1. The molecule has 1 atom stereocenters. The standard InChI is InChI=1S/C19H20ClNO2/c1-23-18-7-3-2-5-15(18)13-19(22)21-12-4-6-17(21)14-8-10-16(20)11-9-14/h2-3,5,7-11,17H,4,6,12-13H2,1H3. The van der Waals surface area contributed by atoms with Crippen LogP contribution in [0.5, 0.6) is 5.75 Å². The van der Waals surface area contributed by atoms with Crippen LogP contribution >= 0.6 is 11.6 Å². The number of carbonyl (C=O) groups is 1. The Morgan fingerprint density at radius 3 is 2.70 bits per heavy atom. The Kier molecular flexibility index (Phi) is 4.87. The Hall–Kier alpha value is -2.00. The molecule has 1 heterocycles. The number of nitrogens with zero attached hydrogens (tertiary/aromatic N) is 1. The van der Waals surface area contributed by atoms with Crippen molar-refractivity contribution in [1.29, 1.82) is 0 Å². The number of carbonyl (C=O) groups excluding carboxylic acids is 1. The van der Waals surface area contributed by atoms with Gasteiger partial charge in [0.25, 0.3) is 0 Å². The van der Waals surface area contributed by atoms with Crippen molar-refractivity contribution < 1.29 is 9.53 Å². The molecule has 0 bridgehead atoms. The van der Waals surface area contributed by atoms with E-state index in [0.29, 0.717) is 6.42 Å². The number of para-hydroxylation sites is 1. The van der Waals surface area contributed by atoms with E-state index in [1.807, 2.05) is 53.4 Å². The van der Waals surface area contributed by atoms with E-state index in [9.17, 15) is 4.79 Å². The molecule has 1 aliphatic rings. The minimum Gasteiger partial charge on any atom is -0.496 e. The van der Waals surface area contributed by atoms with Crippen molar-refractivity contribution in [2.75, 3.05) is 13.7 Å². The van der Waals surface area contributed by atoms with Gasteiger partial charge < -0.3 is 9.64 Å². The summed E-state index contributed by atoms with van der Waals surface area (Å²) < 4.78 is 5.35. The van der Waals surface area contributed by atoms with Crippen LogP contribution < -0.4 is 4.74 Å². The summed E-state index contributed by atoms with van der Waals surface area (Å²) in [6, 6.07) is 15.6. The van der Waals surface area contributed by atoms with Gasteiger partial charge in [0, 0.05) is 17.1 Å². The Balaban J connectivity index is 1.77. The molecule has 2 aromatic carbocycles. The monoisotopic (exact) mass is 329 g/mol. The number of amides is 1. The van der Waals surface area contributed by atoms with Crippen molar-refractivity contribution in [1.82, 2.24) is 4.90 Å². The molecule has 23 heavy (non-hydrogen) atoms. The molecular formula is C19H20ClNO2. The van der Waals surface area contributed by atoms with E-state index in [1.54, 1.807) is 7.11 Å². The third kappa shape index (κ3) is 3.50. The van der Waals surface area contributed by atoms with Crippen LogP contribution in [0.15, 0.2) is 48.5 Å². The SMILES string of the molecule is COc1ccccc1CC(=O)N1CCCC1c1ccc(Cl)cc1. The Morgan fingerprint density at radius 1 is 1.22 bits per heavy atom. The van der Waals surface area contributed by atoms with Gasteiger partial charge in [-0.3, -0.25) is 4.79 Å². The van der Waals surface area contributed by atoms with Crippen LogP contribution in [-0.2, 0) is 11.2 Å². The minimum absolute atomic E-state index is 0.145. The summed E-state index contributed by atoms with van der Waals surface area (Å²) >= 11 is 5.96. The summed E-state index contributed by atoms with van der Waals surface area (Å²) in [6.07, 6.45) is 2.40. The first-order valence-electron chi connectivity index (χ1n) is 7.86. The zero-order valence-electron chi connectivity index (χ0n) is 13.2. The van der Waals surface area contributed by atoms with E-state index in [1.165, 1.54) is 0 Å². The van der Waals surface area contributed by atoms with Gasteiger partial charge in [-0.2, -0.15) is 0 Å². The van der Waals surface area contributed by atoms with Gasteiger partial charge in [0.1, 0.15) is 5.75 Å². The molecular weight excluding hydrogens is 310 g/mol. The van der Waals surface area contributed by atoms with Gasteiger partial charge in [0.05, 0.1) is 19.6 Å². The molecule has 1 fully saturated rings. The van der Waals surface area contributed by atoms with Crippen molar-refractivity contribution in [2.24, 2.45) is 0 Å². The van der Waals surface area contributed by atoms with Gasteiger partial charge in [-0.25, -0.2) is 0 Å². The second-order valence-electron chi connectivity index (χ2n) is 5.79. The van der Waals surface area contributed by atoms with Crippen molar-refractivity contribution in [2.45, 2.75) is 25.3 Å². The highest BCUT2D eigenvalue weighted by atomic mass is 35.5. The molecule has 3 rings (SSSR count). The molecule has 1 unspecified atom stereocenters. The van der Waals surface area contributed by atoms with Crippen LogP contribution in [0.1, 0.15) is 30.0 Å². The van der Waals surface area contributed by atoms with Crippen LogP contribution in [0.2, 0.25) is 5.02 Å². The van der Waals surface area contributed by atoms with Gasteiger partial charge >= 0.3 is 0 Å². The van der Waals surface area contributed by atoms with Crippen LogP contribution in [-0.4, -0.2) is 24.5 Å². The van der Waals surface area contributed by atoms with Crippen LogP contribution in [0.25, 0.3) is 0 Å². The maximum Gasteiger partial charge on any atom is 0.227 e. The normalized spacial score (nSPS) is 17.3. The van der Waals surface area contributed by atoms with Crippen LogP contribution in [0, 0.1) is 0 Å². The van der Waals surface area contributed by atoms with Gasteiger partial charge in [-0.15, -0.1) is 0 Å². The van der Waals surface area contributed by atoms with E-state index in [4.69, 9.17) is 16.3 Å². The summed E-state index contributed by atoms with van der Waals surface area (Å²) in [5.74, 6) is 0.912. The molecule has 4 heteroatoms. The lowest BCUT2D eigenvalue weighted by Gasteiger charge is -2.25. The third-order valence-electron chi connectivity index (χ3n) is 4.36. The lowest BCUT2D eigenvalue weighted by Crippen LogP contribution is -2.31. The molecule has 2 aromatic rings. The molecule has 3 nitrogen and oxygen atoms in total. The zero-order chi connectivity index (χ0) is 16.2. The van der Waals surface area contributed by atoms with E-state index < -0.39 is 0 Å². The summed E-state index contributed by atoms with van der Waals surface area (Å²) in [4.78, 5) is 14.8. The van der Waals surface area contributed by atoms with E-state index in [2.05, 4.69) is 0 Å². The summed E-state index contributed by atoms with van der Waals surface area (Å²) in [5.41, 5.74) is 2.09. The molecule has 0 saturated carbocycles. The molecule has 0 radical (unpaired) electrons. The van der Waals surface area contributed by atoms with Gasteiger partial charge in [-0.05, 0) is 36.6 Å². The number of benzene rings is 2. The maximum absolute atomic E-state index is 12.8. The average Bonchev–Trinajstić information content (AvgIpc) is 3.06. The Morgan fingerprint density at radius 2 is 1.96 bits per heavy atom. The largest absolute Gasteiger partial charge is 0.496 e. The lowest BCUT2D eigenvalue weighted by molar-refractivity contribution is -0.131. The fraction of sp³-hybridized carbons (Fsp3) is 0.316. The quantitative estimate of drug-likeness (QED) is 0.839. The van der Waals surface area contributed by atoms with Crippen molar-refractivity contribution in [3.05, 3.63) is 64.7 Å². The summed E-state index contributed by atoms with van der Waals surface area (Å²) in [5, 5.41) is 0.721. The van der Waals surface area contributed by atoms with Crippen LogP contribution in [0.4, 0.5) is 0 Å². The van der Waals surface area contributed by atoms with Crippen LogP contribution in [0.3, 0.4) is 0 Å². The number of halogens is 1. The number of hydrogen-bond acceptors (Lipinski definition) is 2. The fourth-order valence-corrected chi connectivity index (χ4v) is 3.34. The molecule has 0 spiro atoms. The van der Waals surface area contributed by atoms with Gasteiger partial charge in [-0.1, -0.05) is 41.9 Å². The lowest BCUT2D eigenvalue weighted by atomic mass is 10.0. The highest BCUT2D eigenvalue weighted by molar-refractivity contribution is 6.30. The predicted molar refractivity (Wildman–Crippen MR) is 91.8 cm³/mol. The smallest absolute Gasteiger partial charge is 0.227 e. The van der Waals surface area contributed by atoms with E-state index in [0.717, 1.165) is 41.3 Å². The molecule has 0 aliphatic carbocycles. The van der Waals surface area contributed by atoms with Crippen molar-refractivity contribution in [3.63, 3.8) is 0 Å². The maximum atomic E-state index is 12.8. The first-order chi connectivity index (χ1) is 11.2. The predicted octanol–water partition coefficient (Wildman–Crippen LogP) is 4.25. The Labute approximate surface area is 141 Å². The van der Waals surface area contributed by atoms with E-state index >= 15 is 0 Å². The van der Waals surface area contributed by atoms with E-state index in [-0.39, 0.29) is 11.9 Å². The van der Waals surface area contributed by atoms with Crippen molar-refractivity contribution in [3.8, 4) is 5.75 Å². The number of rotatable bonds is 4. The first kappa shape index (κ1) is 15.9. The second kappa shape index (κ2) is 7.05. The molecule has 0 N–H and O–H groups in total. The molecule has 1 saturated heterocycles. The summed E-state index contributed by atoms with van der Waals surface area (Å²) in [6.45, 7) is 0.807. The Bertz CT molecular complexity index is 684. The van der Waals surface area contributed by atoms with Gasteiger partial charge in [0.15, 0.2) is 0 Å². The number of hydrogen-bond donors (Lipinski definition) is 0. The highest BCUT2D eigenvalue weighted by Gasteiger charge is 2.30. The minimum atomic E-state index is 0.145.